The first-order valence-electron chi connectivity index (χ1n) is 9.65. The molecule has 0 aliphatic heterocycles. The Morgan fingerprint density at radius 1 is 1.11 bits per heavy atom. The summed E-state index contributed by atoms with van der Waals surface area (Å²) in [6, 6.07) is 8.51. The van der Waals surface area contributed by atoms with Crippen LogP contribution < -0.4 is 0 Å². The fourth-order valence-electron chi connectivity index (χ4n) is 3.29. The molecule has 4 atom stereocenters. The molecule has 0 saturated heterocycles. The second-order valence-corrected chi connectivity index (χ2v) is 15.9. The molecule has 0 spiro atoms. The van der Waals surface area contributed by atoms with Crippen LogP contribution in [0.25, 0.3) is 0 Å². The standard InChI is InChI=1S/C21H34O4SSi/c1-15-18(22)13-14-19(26(23,24)17-11-9-8-10-12-17)16(2)20(15)25-27(6,7)21(3,4)5/h8-12,14-16,18,20,22H,13H2,1-7H3/t15-,16-,18-,20+/m1/s1. The van der Waals surface area contributed by atoms with Gasteiger partial charge < -0.3 is 9.53 Å². The van der Waals surface area contributed by atoms with Crippen molar-refractivity contribution < 1.29 is 18.0 Å². The van der Waals surface area contributed by atoms with Crippen molar-refractivity contribution in [1.82, 2.24) is 0 Å². The Morgan fingerprint density at radius 2 is 1.67 bits per heavy atom. The molecule has 1 aromatic rings. The predicted molar refractivity (Wildman–Crippen MR) is 113 cm³/mol. The zero-order valence-electron chi connectivity index (χ0n) is 17.6. The third-order valence-electron chi connectivity index (χ3n) is 6.23. The van der Waals surface area contributed by atoms with Crippen molar-refractivity contribution in [3.05, 3.63) is 41.3 Å². The average Bonchev–Trinajstić information content (AvgIpc) is 2.67. The zero-order chi connectivity index (χ0) is 20.6. The van der Waals surface area contributed by atoms with Gasteiger partial charge in [0.1, 0.15) is 0 Å². The molecule has 0 aromatic heterocycles. The van der Waals surface area contributed by atoms with E-state index in [4.69, 9.17) is 4.43 Å². The van der Waals surface area contributed by atoms with Gasteiger partial charge in [-0.25, -0.2) is 8.42 Å². The molecule has 6 heteroatoms. The van der Waals surface area contributed by atoms with E-state index in [1.54, 1.807) is 36.4 Å². The molecule has 0 radical (unpaired) electrons. The van der Waals surface area contributed by atoms with Crippen LogP contribution in [0.3, 0.4) is 0 Å². The molecule has 0 amide bonds. The van der Waals surface area contributed by atoms with Crippen LogP contribution in [0.5, 0.6) is 0 Å². The second kappa shape index (κ2) is 7.82. The summed E-state index contributed by atoms with van der Waals surface area (Å²) in [5, 5.41) is 10.6. The van der Waals surface area contributed by atoms with Gasteiger partial charge in [0.05, 0.1) is 22.0 Å². The molecule has 0 bridgehead atoms. The van der Waals surface area contributed by atoms with E-state index < -0.39 is 24.3 Å². The summed E-state index contributed by atoms with van der Waals surface area (Å²) in [6.45, 7) is 14.7. The van der Waals surface area contributed by atoms with Crippen LogP contribution in [-0.4, -0.2) is 34.0 Å². The monoisotopic (exact) mass is 410 g/mol. The lowest BCUT2D eigenvalue weighted by Gasteiger charge is -2.43. The Balaban J connectivity index is 2.47. The van der Waals surface area contributed by atoms with Crippen molar-refractivity contribution in [2.24, 2.45) is 11.8 Å². The van der Waals surface area contributed by atoms with E-state index in [-0.39, 0.29) is 23.0 Å². The summed E-state index contributed by atoms with van der Waals surface area (Å²) in [5.41, 5.74) is 0. The van der Waals surface area contributed by atoms with Crippen LogP contribution in [0.1, 0.15) is 41.0 Å². The molecule has 1 aromatic carbocycles. The first-order valence-corrected chi connectivity index (χ1v) is 14.0. The van der Waals surface area contributed by atoms with Gasteiger partial charge in [0.25, 0.3) is 0 Å². The number of hydrogen-bond donors (Lipinski definition) is 1. The molecule has 0 fully saturated rings. The Bertz CT molecular complexity index is 778. The van der Waals surface area contributed by atoms with Crippen molar-refractivity contribution in [1.29, 1.82) is 0 Å². The van der Waals surface area contributed by atoms with Crippen LogP contribution in [0.15, 0.2) is 46.2 Å². The van der Waals surface area contributed by atoms with Gasteiger partial charge in [0.15, 0.2) is 8.32 Å². The topological polar surface area (TPSA) is 63.6 Å². The number of sulfone groups is 1. The van der Waals surface area contributed by atoms with E-state index in [1.165, 1.54) is 0 Å². The largest absolute Gasteiger partial charge is 0.413 e. The molecule has 152 valence electrons. The molecule has 4 nitrogen and oxygen atoms in total. The van der Waals surface area contributed by atoms with Gasteiger partial charge in [-0.05, 0) is 36.7 Å². The van der Waals surface area contributed by atoms with Crippen molar-refractivity contribution in [2.75, 3.05) is 0 Å². The third kappa shape index (κ3) is 4.55. The molecule has 1 N–H and O–H groups in total. The van der Waals surface area contributed by atoms with E-state index in [0.717, 1.165) is 0 Å². The lowest BCUT2D eigenvalue weighted by molar-refractivity contribution is 0.0166. The first kappa shape index (κ1) is 22.3. The van der Waals surface area contributed by atoms with Crippen LogP contribution in [-0.2, 0) is 14.3 Å². The van der Waals surface area contributed by atoms with Gasteiger partial charge in [-0.1, -0.05) is 58.9 Å². The summed E-state index contributed by atoms with van der Waals surface area (Å²) in [7, 11) is -5.75. The van der Waals surface area contributed by atoms with Gasteiger partial charge >= 0.3 is 0 Å². The molecule has 0 heterocycles. The summed E-state index contributed by atoms with van der Waals surface area (Å²) in [5.74, 6) is -0.467. The molecule has 1 aliphatic carbocycles. The van der Waals surface area contributed by atoms with E-state index in [2.05, 4.69) is 33.9 Å². The molecule has 27 heavy (non-hydrogen) atoms. The Labute approximate surface area is 165 Å². The van der Waals surface area contributed by atoms with Gasteiger partial charge in [0.2, 0.25) is 9.84 Å². The quantitative estimate of drug-likeness (QED) is 0.726. The van der Waals surface area contributed by atoms with Crippen LogP contribution in [0.2, 0.25) is 18.1 Å². The highest BCUT2D eigenvalue weighted by molar-refractivity contribution is 7.95. The zero-order valence-corrected chi connectivity index (χ0v) is 19.4. The number of rotatable bonds is 4. The minimum absolute atomic E-state index is 0.00583. The average molecular weight is 411 g/mol. The van der Waals surface area contributed by atoms with E-state index >= 15 is 0 Å². The molecule has 2 rings (SSSR count). The second-order valence-electron chi connectivity index (χ2n) is 9.22. The molecule has 1 aliphatic rings. The number of aliphatic hydroxyl groups excluding tert-OH is 1. The molecule has 0 saturated carbocycles. The SMILES string of the molecule is C[C@H]1[C@H](O[Si](C)(C)C(C)(C)C)[C@H](C)C(S(=O)(=O)c2ccccc2)=CC[C@H]1O. The highest BCUT2D eigenvalue weighted by atomic mass is 32.2. The van der Waals surface area contributed by atoms with E-state index in [9.17, 15) is 13.5 Å². The lowest BCUT2D eigenvalue weighted by Crippen LogP contribution is -2.49. The van der Waals surface area contributed by atoms with Crippen LogP contribution in [0, 0.1) is 11.8 Å². The summed E-state index contributed by atoms with van der Waals surface area (Å²) < 4.78 is 33.2. The molecular formula is C21H34O4SSi. The van der Waals surface area contributed by atoms with Gasteiger partial charge in [0, 0.05) is 11.8 Å². The van der Waals surface area contributed by atoms with Crippen LogP contribution >= 0.6 is 0 Å². The highest BCUT2D eigenvalue weighted by Gasteiger charge is 2.45. The number of benzene rings is 1. The minimum atomic E-state index is -3.62. The smallest absolute Gasteiger partial charge is 0.202 e. The third-order valence-corrected chi connectivity index (χ3v) is 12.8. The number of aliphatic hydroxyl groups is 1. The van der Waals surface area contributed by atoms with Gasteiger partial charge in [-0.3, -0.25) is 0 Å². The Kier molecular flexibility index (Phi) is 6.47. The van der Waals surface area contributed by atoms with Crippen molar-refractivity contribution >= 4 is 18.2 Å². The highest BCUT2D eigenvalue weighted by Crippen LogP contribution is 2.42. The summed E-state index contributed by atoms with van der Waals surface area (Å²) in [4.78, 5) is 0.652. The predicted octanol–water partition coefficient (Wildman–Crippen LogP) is 4.77. The maximum absolute atomic E-state index is 13.3. The van der Waals surface area contributed by atoms with Crippen molar-refractivity contribution in [3.8, 4) is 0 Å². The Morgan fingerprint density at radius 3 is 2.19 bits per heavy atom. The van der Waals surface area contributed by atoms with Gasteiger partial charge in [-0.2, -0.15) is 0 Å². The maximum Gasteiger partial charge on any atom is 0.202 e. The first-order chi connectivity index (χ1) is 12.3. The van der Waals surface area contributed by atoms with Crippen molar-refractivity contribution in [3.63, 3.8) is 0 Å². The number of hydrogen-bond acceptors (Lipinski definition) is 4. The van der Waals surface area contributed by atoms with E-state index in [1.807, 2.05) is 13.8 Å². The minimum Gasteiger partial charge on any atom is -0.413 e. The van der Waals surface area contributed by atoms with Crippen molar-refractivity contribution in [2.45, 2.75) is 76.3 Å². The van der Waals surface area contributed by atoms with Crippen LogP contribution in [0.4, 0.5) is 0 Å². The maximum atomic E-state index is 13.3. The molecular weight excluding hydrogens is 376 g/mol. The van der Waals surface area contributed by atoms with E-state index in [0.29, 0.717) is 16.2 Å². The normalized spacial score (nSPS) is 27.8. The lowest BCUT2D eigenvalue weighted by atomic mass is 9.91. The summed E-state index contributed by atoms with van der Waals surface area (Å²) in [6.07, 6.45) is 1.06. The summed E-state index contributed by atoms with van der Waals surface area (Å²) >= 11 is 0. The van der Waals surface area contributed by atoms with Gasteiger partial charge in [-0.15, -0.1) is 0 Å². The fourth-order valence-corrected chi connectivity index (χ4v) is 6.47. The Hall–Kier alpha value is -0.953. The fraction of sp³-hybridized carbons (Fsp3) is 0.619. The molecule has 0 unspecified atom stereocenters.